The molecular formula is C21H31N5OS. The van der Waals surface area contributed by atoms with Crippen molar-refractivity contribution >= 4 is 23.5 Å². The van der Waals surface area contributed by atoms with E-state index in [4.69, 9.17) is 0 Å². The van der Waals surface area contributed by atoms with E-state index in [1.165, 1.54) is 37.8 Å². The number of thioether (sulfide) groups is 1. The van der Waals surface area contributed by atoms with Gasteiger partial charge in [-0.15, -0.1) is 10.2 Å². The standard InChI is InChI=1S/C21H31N5OS/c1-4-10-25-15(2)13-18(16(25)3)19(27)14-28-21-23-22-20(26(21)17-8-9-17)24-11-6-5-7-12-24/h13,17H,4-12,14H2,1-3H3. The summed E-state index contributed by atoms with van der Waals surface area (Å²) in [5.74, 6) is 1.62. The van der Waals surface area contributed by atoms with Crippen molar-refractivity contribution in [2.75, 3.05) is 23.7 Å². The number of carbonyl (C=O) groups is 1. The Morgan fingerprint density at radius 3 is 2.61 bits per heavy atom. The molecular weight excluding hydrogens is 370 g/mol. The van der Waals surface area contributed by atoms with Crippen molar-refractivity contribution in [3.05, 3.63) is 23.0 Å². The van der Waals surface area contributed by atoms with Crippen molar-refractivity contribution in [3.63, 3.8) is 0 Å². The number of nitrogens with zero attached hydrogens (tertiary/aromatic N) is 5. The van der Waals surface area contributed by atoms with Crippen LogP contribution in [0.4, 0.5) is 5.95 Å². The number of aromatic nitrogens is 4. The van der Waals surface area contributed by atoms with Gasteiger partial charge in [0.05, 0.1) is 5.75 Å². The molecule has 0 bridgehead atoms. The fraction of sp³-hybridized carbons (Fsp3) is 0.667. The number of ketones is 1. The zero-order valence-corrected chi connectivity index (χ0v) is 18.1. The van der Waals surface area contributed by atoms with Crippen LogP contribution in [0, 0.1) is 13.8 Å². The maximum absolute atomic E-state index is 12.9. The number of anilines is 1. The van der Waals surface area contributed by atoms with Crippen LogP contribution in [0.5, 0.6) is 0 Å². The average molecular weight is 402 g/mol. The van der Waals surface area contributed by atoms with Gasteiger partial charge in [-0.1, -0.05) is 18.7 Å². The van der Waals surface area contributed by atoms with Crippen molar-refractivity contribution in [3.8, 4) is 0 Å². The van der Waals surface area contributed by atoms with E-state index < -0.39 is 0 Å². The van der Waals surface area contributed by atoms with Gasteiger partial charge >= 0.3 is 0 Å². The molecule has 28 heavy (non-hydrogen) atoms. The molecule has 0 amide bonds. The molecule has 7 heteroatoms. The molecule has 0 spiro atoms. The second-order valence-electron chi connectivity index (χ2n) is 8.08. The second kappa shape index (κ2) is 8.31. The van der Waals surface area contributed by atoms with Gasteiger partial charge < -0.3 is 9.47 Å². The SMILES string of the molecule is CCCn1c(C)cc(C(=O)CSc2nnc(N3CCCCC3)n2C2CC2)c1C. The molecule has 0 aromatic carbocycles. The fourth-order valence-electron chi connectivity index (χ4n) is 4.19. The number of aryl methyl sites for hydroxylation is 1. The van der Waals surface area contributed by atoms with Crippen LogP contribution in [0.25, 0.3) is 0 Å². The number of carbonyl (C=O) groups excluding carboxylic acids is 1. The van der Waals surface area contributed by atoms with Crippen molar-refractivity contribution in [1.29, 1.82) is 0 Å². The minimum absolute atomic E-state index is 0.185. The van der Waals surface area contributed by atoms with Gasteiger partial charge in [-0.3, -0.25) is 9.36 Å². The van der Waals surface area contributed by atoms with E-state index in [1.54, 1.807) is 11.8 Å². The third-order valence-electron chi connectivity index (χ3n) is 5.85. The Kier molecular flexibility index (Phi) is 5.80. The molecule has 152 valence electrons. The highest BCUT2D eigenvalue weighted by Gasteiger charge is 2.32. The first-order valence-corrected chi connectivity index (χ1v) is 11.6. The molecule has 0 atom stereocenters. The van der Waals surface area contributed by atoms with Gasteiger partial charge in [0.25, 0.3) is 0 Å². The maximum Gasteiger partial charge on any atom is 0.228 e. The van der Waals surface area contributed by atoms with E-state index in [-0.39, 0.29) is 5.78 Å². The molecule has 2 aromatic rings. The highest BCUT2D eigenvalue weighted by atomic mass is 32.2. The average Bonchev–Trinajstić information content (AvgIpc) is 3.40. The lowest BCUT2D eigenvalue weighted by molar-refractivity contribution is 0.102. The molecule has 0 N–H and O–H groups in total. The summed E-state index contributed by atoms with van der Waals surface area (Å²) < 4.78 is 4.54. The minimum atomic E-state index is 0.185. The molecule has 6 nitrogen and oxygen atoms in total. The number of rotatable bonds is 8. The van der Waals surface area contributed by atoms with Crippen LogP contribution in [0.15, 0.2) is 11.2 Å². The Morgan fingerprint density at radius 1 is 1.18 bits per heavy atom. The molecule has 2 aromatic heterocycles. The predicted octanol–water partition coefficient (Wildman–Crippen LogP) is 4.41. The van der Waals surface area contributed by atoms with Crippen LogP contribution in [-0.2, 0) is 6.54 Å². The first-order valence-electron chi connectivity index (χ1n) is 10.6. The highest BCUT2D eigenvalue weighted by molar-refractivity contribution is 7.99. The normalized spacial score (nSPS) is 17.3. The van der Waals surface area contributed by atoms with Crippen LogP contribution < -0.4 is 4.90 Å². The third kappa shape index (κ3) is 3.86. The van der Waals surface area contributed by atoms with E-state index in [2.05, 4.69) is 45.0 Å². The summed E-state index contributed by atoms with van der Waals surface area (Å²) in [6, 6.07) is 2.55. The summed E-state index contributed by atoms with van der Waals surface area (Å²) in [7, 11) is 0. The van der Waals surface area contributed by atoms with Crippen LogP contribution >= 0.6 is 11.8 Å². The Morgan fingerprint density at radius 2 is 1.93 bits per heavy atom. The van der Waals surface area contributed by atoms with Gasteiger partial charge in [-0.25, -0.2) is 0 Å². The van der Waals surface area contributed by atoms with Gasteiger partial charge in [-0.05, 0) is 58.4 Å². The smallest absolute Gasteiger partial charge is 0.228 e. The second-order valence-corrected chi connectivity index (χ2v) is 9.02. The maximum atomic E-state index is 12.9. The fourth-order valence-corrected chi connectivity index (χ4v) is 5.07. The van der Waals surface area contributed by atoms with Crippen molar-refractivity contribution in [1.82, 2.24) is 19.3 Å². The number of Topliss-reactive ketones (excluding diaryl/α,β-unsaturated/α-hetero) is 1. The lowest BCUT2D eigenvalue weighted by Gasteiger charge is -2.27. The minimum Gasteiger partial charge on any atom is -0.348 e. The first-order chi connectivity index (χ1) is 13.6. The van der Waals surface area contributed by atoms with E-state index in [0.29, 0.717) is 11.8 Å². The third-order valence-corrected chi connectivity index (χ3v) is 6.79. The van der Waals surface area contributed by atoms with Crippen molar-refractivity contribution in [2.24, 2.45) is 0 Å². The van der Waals surface area contributed by atoms with Gasteiger partial charge in [0, 0.05) is 42.6 Å². The molecule has 0 unspecified atom stereocenters. The summed E-state index contributed by atoms with van der Waals surface area (Å²) in [6.07, 6.45) is 7.22. The van der Waals surface area contributed by atoms with Crippen LogP contribution in [-0.4, -0.2) is 44.0 Å². The Bertz CT molecular complexity index is 845. The topological polar surface area (TPSA) is 56.0 Å². The van der Waals surface area contributed by atoms with Crippen LogP contribution in [0.3, 0.4) is 0 Å². The van der Waals surface area contributed by atoms with Crippen molar-refractivity contribution in [2.45, 2.75) is 77.0 Å². The molecule has 4 rings (SSSR count). The lowest BCUT2D eigenvalue weighted by atomic mass is 10.1. The summed E-state index contributed by atoms with van der Waals surface area (Å²) in [5, 5.41) is 9.89. The molecule has 2 aliphatic rings. The van der Waals surface area contributed by atoms with E-state index >= 15 is 0 Å². The molecule has 1 aliphatic heterocycles. The van der Waals surface area contributed by atoms with Gasteiger partial charge in [0.1, 0.15) is 0 Å². The number of hydrogen-bond donors (Lipinski definition) is 0. The largest absolute Gasteiger partial charge is 0.348 e. The van der Waals surface area contributed by atoms with Gasteiger partial charge in [0.2, 0.25) is 5.95 Å². The predicted molar refractivity (Wildman–Crippen MR) is 114 cm³/mol. The quantitative estimate of drug-likeness (QED) is 0.484. The van der Waals surface area contributed by atoms with Gasteiger partial charge in [-0.2, -0.15) is 0 Å². The molecule has 1 saturated heterocycles. The molecule has 3 heterocycles. The molecule has 1 aliphatic carbocycles. The van der Waals surface area contributed by atoms with E-state index in [9.17, 15) is 4.79 Å². The summed E-state index contributed by atoms with van der Waals surface area (Å²) in [6.45, 7) is 9.41. The Labute approximate surface area is 171 Å². The van der Waals surface area contributed by atoms with E-state index in [0.717, 1.165) is 48.4 Å². The number of piperidine rings is 1. The highest BCUT2D eigenvalue weighted by Crippen LogP contribution is 2.41. The van der Waals surface area contributed by atoms with E-state index in [1.807, 2.05) is 6.07 Å². The van der Waals surface area contributed by atoms with Crippen LogP contribution in [0.1, 0.15) is 73.2 Å². The number of hydrogen-bond acceptors (Lipinski definition) is 5. The Hall–Kier alpha value is -1.76. The molecule has 0 radical (unpaired) electrons. The zero-order valence-electron chi connectivity index (χ0n) is 17.3. The molecule has 1 saturated carbocycles. The summed E-state index contributed by atoms with van der Waals surface area (Å²) in [4.78, 5) is 15.3. The summed E-state index contributed by atoms with van der Waals surface area (Å²) >= 11 is 1.54. The Balaban J connectivity index is 1.48. The lowest BCUT2D eigenvalue weighted by Crippen LogP contribution is -2.31. The van der Waals surface area contributed by atoms with Gasteiger partial charge in [0.15, 0.2) is 10.9 Å². The van der Waals surface area contributed by atoms with Crippen molar-refractivity contribution < 1.29 is 4.79 Å². The zero-order chi connectivity index (χ0) is 19.7. The summed E-state index contributed by atoms with van der Waals surface area (Å²) in [5.41, 5.74) is 3.11. The monoisotopic (exact) mass is 401 g/mol. The molecule has 2 fully saturated rings. The first kappa shape index (κ1) is 19.6. The van der Waals surface area contributed by atoms with Crippen LogP contribution in [0.2, 0.25) is 0 Å².